The Hall–Kier alpha value is -2.64. The summed E-state index contributed by atoms with van der Waals surface area (Å²) >= 11 is 6.29. The maximum Gasteiger partial charge on any atom is 0.323 e. The van der Waals surface area contributed by atoms with Crippen LogP contribution in [0.25, 0.3) is 6.08 Å². The first kappa shape index (κ1) is 21.6. The third kappa shape index (κ3) is 5.35. The highest BCUT2D eigenvalue weighted by Gasteiger charge is 2.33. The van der Waals surface area contributed by atoms with E-state index in [0.717, 1.165) is 47.7 Å². The van der Waals surface area contributed by atoms with Crippen LogP contribution >= 0.6 is 24.0 Å². The number of hydrogen-bond acceptors (Lipinski definition) is 5. The van der Waals surface area contributed by atoms with Gasteiger partial charge in [0, 0.05) is 18.8 Å². The van der Waals surface area contributed by atoms with Crippen molar-refractivity contribution < 1.29 is 14.7 Å². The minimum absolute atomic E-state index is 0.286. The molecule has 5 nitrogen and oxygen atoms in total. The van der Waals surface area contributed by atoms with Crippen molar-refractivity contribution >= 4 is 51.9 Å². The van der Waals surface area contributed by atoms with E-state index in [0.29, 0.717) is 4.91 Å². The van der Waals surface area contributed by atoms with Gasteiger partial charge in [0.2, 0.25) is 0 Å². The Labute approximate surface area is 191 Å². The number of carbonyl (C=O) groups is 2. The second kappa shape index (κ2) is 9.66. The molecule has 0 atom stereocenters. The van der Waals surface area contributed by atoms with Crippen molar-refractivity contribution in [2.24, 2.45) is 5.92 Å². The number of benzene rings is 2. The van der Waals surface area contributed by atoms with Crippen LogP contribution in [0.3, 0.4) is 0 Å². The van der Waals surface area contributed by atoms with Gasteiger partial charge in [0.1, 0.15) is 10.9 Å². The molecular formula is C24H24N2O3S2. The lowest BCUT2D eigenvalue weighted by molar-refractivity contribution is -0.140. The topological polar surface area (TPSA) is 60.9 Å². The van der Waals surface area contributed by atoms with Crippen molar-refractivity contribution in [3.05, 3.63) is 70.6 Å². The zero-order valence-corrected chi connectivity index (χ0v) is 18.7. The molecule has 4 rings (SSSR count). The molecule has 31 heavy (non-hydrogen) atoms. The fourth-order valence-electron chi connectivity index (χ4n) is 4.05. The summed E-state index contributed by atoms with van der Waals surface area (Å²) in [5, 5.41) is 8.94. The van der Waals surface area contributed by atoms with Crippen LogP contribution in [0.4, 0.5) is 5.69 Å². The van der Waals surface area contributed by atoms with Gasteiger partial charge in [-0.1, -0.05) is 66.4 Å². The first-order valence-corrected chi connectivity index (χ1v) is 11.6. The molecule has 2 aromatic rings. The van der Waals surface area contributed by atoms with Crippen LogP contribution in [0.5, 0.6) is 0 Å². The van der Waals surface area contributed by atoms with E-state index in [4.69, 9.17) is 17.3 Å². The van der Waals surface area contributed by atoms with Gasteiger partial charge in [-0.05, 0) is 54.5 Å². The Balaban J connectivity index is 1.35. The zero-order chi connectivity index (χ0) is 21.8. The number of amides is 1. The van der Waals surface area contributed by atoms with Crippen molar-refractivity contribution in [1.29, 1.82) is 0 Å². The number of hydrogen-bond donors (Lipinski definition) is 1. The third-order valence-corrected chi connectivity index (χ3v) is 7.08. The SMILES string of the molecule is O=C(O)CN1C(=O)C(=Cc2ccc(N3CCC(Cc4ccccc4)CC3)cc2)SC1=S. The molecule has 0 unspecified atom stereocenters. The predicted octanol–water partition coefficient (Wildman–Crippen LogP) is 4.43. The molecule has 0 bridgehead atoms. The van der Waals surface area contributed by atoms with E-state index in [1.165, 1.54) is 24.1 Å². The summed E-state index contributed by atoms with van der Waals surface area (Å²) < 4.78 is 0.286. The smallest absolute Gasteiger partial charge is 0.323 e. The number of carboxylic acid groups (broad SMARTS) is 1. The molecule has 0 saturated carbocycles. The lowest BCUT2D eigenvalue weighted by Gasteiger charge is -2.33. The average molecular weight is 453 g/mol. The van der Waals surface area contributed by atoms with Gasteiger partial charge in [-0.15, -0.1) is 0 Å². The molecule has 0 spiro atoms. The summed E-state index contributed by atoms with van der Waals surface area (Å²) in [5.74, 6) is -0.693. The van der Waals surface area contributed by atoms with Gasteiger partial charge in [-0.25, -0.2) is 0 Å². The molecule has 2 aromatic carbocycles. The van der Waals surface area contributed by atoms with Crippen molar-refractivity contribution in [2.75, 3.05) is 24.5 Å². The molecule has 1 amide bonds. The Morgan fingerprint density at radius 1 is 1.10 bits per heavy atom. The predicted molar refractivity (Wildman–Crippen MR) is 129 cm³/mol. The largest absolute Gasteiger partial charge is 0.480 e. The number of piperidine rings is 1. The maximum atomic E-state index is 12.4. The summed E-state index contributed by atoms with van der Waals surface area (Å²) in [6, 6.07) is 18.9. The quantitative estimate of drug-likeness (QED) is 0.517. The van der Waals surface area contributed by atoms with E-state index in [9.17, 15) is 9.59 Å². The molecule has 7 heteroatoms. The van der Waals surface area contributed by atoms with Gasteiger partial charge in [-0.3, -0.25) is 14.5 Å². The molecule has 1 N–H and O–H groups in total. The van der Waals surface area contributed by atoms with Gasteiger partial charge in [-0.2, -0.15) is 0 Å². The average Bonchev–Trinajstić information content (AvgIpc) is 3.02. The lowest BCUT2D eigenvalue weighted by Crippen LogP contribution is -2.34. The summed E-state index contributed by atoms with van der Waals surface area (Å²) in [4.78, 5) is 27.3. The van der Waals surface area contributed by atoms with Crippen LogP contribution < -0.4 is 4.90 Å². The number of aliphatic carboxylic acids is 1. The minimum Gasteiger partial charge on any atom is -0.480 e. The molecule has 2 heterocycles. The van der Waals surface area contributed by atoms with Gasteiger partial charge in [0.15, 0.2) is 0 Å². The van der Waals surface area contributed by atoms with Gasteiger partial charge in [0.25, 0.3) is 5.91 Å². The third-order valence-electron chi connectivity index (χ3n) is 5.70. The van der Waals surface area contributed by atoms with Crippen LogP contribution in [0.2, 0.25) is 0 Å². The number of carboxylic acids is 1. The number of rotatable bonds is 6. The Bertz CT molecular complexity index is 997. The number of thiocarbonyl (C=S) groups is 1. The summed E-state index contributed by atoms with van der Waals surface area (Å²) in [6.45, 7) is 1.69. The fourth-order valence-corrected chi connectivity index (χ4v) is 5.30. The Kier molecular flexibility index (Phi) is 6.73. The first-order chi connectivity index (χ1) is 15.0. The van der Waals surface area contributed by atoms with E-state index < -0.39 is 12.5 Å². The lowest BCUT2D eigenvalue weighted by atomic mass is 9.90. The van der Waals surface area contributed by atoms with E-state index in [1.807, 2.05) is 12.1 Å². The van der Waals surface area contributed by atoms with Crippen molar-refractivity contribution in [2.45, 2.75) is 19.3 Å². The molecule has 160 valence electrons. The second-order valence-electron chi connectivity index (χ2n) is 7.87. The fraction of sp³-hybridized carbons (Fsp3) is 0.292. The normalized spacial score (nSPS) is 18.8. The van der Waals surface area contributed by atoms with Crippen molar-refractivity contribution in [3.8, 4) is 0 Å². The van der Waals surface area contributed by atoms with Gasteiger partial charge >= 0.3 is 5.97 Å². The number of carbonyl (C=O) groups excluding carboxylic acids is 1. The minimum atomic E-state index is -1.07. The highest BCUT2D eigenvalue weighted by molar-refractivity contribution is 8.26. The van der Waals surface area contributed by atoms with Crippen LogP contribution in [0.1, 0.15) is 24.0 Å². The van der Waals surface area contributed by atoms with Crippen molar-refractivity contribution in [1.82, 2.24) is 4.90 Å². The molecule has 0 radical (unpaired) electrons. The van der Waals surface area contributed by atoms with E-state index >= 15 is 0 Å². The summed E-state index contributed by atoms with van der Waals surface area (Å²) in [6.07, 6.45) is 5.29. The highest BCUT2D eigenvalue weighted by Crippen LogP contribution is 2.33. The number of thioether (sulfide) groups is 1. The Morgan fingerprint density at radius 3 is 2.42 bits per heavy atom. The molecule has 2 saturated heterocycles. The second-order valence-corrected chi connectivity index (χ2v) is 9.55. The van der Waals surface area contributed by atoms with E-state index in [-0.39, 0.29) is 10.2 Å². The van der Waals surface area contributed by atoms with Crippen LogP contribution in [0, 0.1) is 5.92 Å². The van der Waals surface area contributed by atoms with Crippen LogP contribution in [-0.4, -0.2) is 45.8 Å². The first-order valence-electron chi connectivity index (χ1n) is 10.4. The molecule has 2 aliphatic rings. The Morgan fingerprint density at radius 2 is 1.77 bits per heavy atom. The molecule has 2 fully saturated rings. The number of anilines is 1. The van der Waals surface area contributed by atoms with Crippen LogP contribution in [0.15, 0.2) is 59.5 Å². The standard InChI is InChI=1S/C24H24N2O3S2/c27-22(28)16-26-23(29)21(31-24(26)30)15-18-6-8-20(9-7-18)25-12-10-19(11-13-25)14-17-4-2-1-3-5-17/h1-9,15,19H,10-14,16H2,(H,27,28). The number of nitrogens with zero attached hydrogens (tertiary/aromatic N) is 2. The monoisotopic (exact) mass is 452 g/mol. The molecule has 2 aliphatic heterocycles. The zero-order valence-electron chi connectivity index (χ0n) is 17.1. The van der Waals surface area contributed by atoms with Crippen molar-refractivity contribution in [3.63, 3.8) is 0 Å². The van der Waals surface area contributed by atoms with E-state index in [1.54, 1.807) is 6.08 Å². The molecule has 0 aliphatic carbocycles. The summed E-state index contributed by atoms with van der Waals surface area (Å²) in [5.41, 5.74) is 3.51. The molecular weight excluding hydrogens is 428 g/mol. The van der Waals surface area contributed by atoms with Gasteiger partial charge in [0.05, 0.1) is 4.91 Å². The van der Waals surface area contributed by atoms with E-state index in [2.05, 4.69) is 47.4 Å². The molecule has 0 aromatic heterocycles. The summed E-state index contributed by atoms with van der Waals surface area (Å²) in [7, 11) is 0. The van der Waals surface area contributed by atoms with Gasteiger partial charge < -0.3 is 10.0 Å². The van der Waals surface area contributed by atoms with Crippen LogP contribution in [-0.2, 0) is 16.0 Å². The highest BCUT2D eigenvalue weighted by atomic mass is 32.2. The maximum absolute atomic E-state index is 12.4.